The Balaban J connectivity index is 0.000000252. The number of allylic oxidation sites excluding steroid dienone is 1. The van der Waals surface area contributed by atoms with Gasteiger partial charge in [0, 0.05) is 12.0 Å². The van der Waals surface area contributed by atoms with E-state index in [-0.39, 0.29) is 24.5 Å². The van der Waals surface area contributed by atoms with Crippen molar-refractivity contribution in [3.8, 4) is 0 Å². The summed E-state index contributed by atoms with van der Waals surface area (Å²) < 4.78 is 29.0. The molecular formula is C23H23F2NO3. The molecule has 2 aliphatic rings. The number of hydrogen-bond donors (Lipinski definition) is 0. The maximum absolute atomic E-state index is 12.6. The Labute approximate surface area is 168 Å². The maximum Gasteiger partial charge on any atom is 0.416 e. The molecule has 4 rings (SSSR count). The van der Waals surface area contributed by atoms with Crippen molar-refractivity contribution in [2.75, 3.05) is 6.61 Å². The lowest BCUT2D eigenvalue weighted by molar-refractivity contribution is -0.133. The van der Waals surface area contributed by atoms with Gasteiger partial charge in [-0.2, -0.15) is 0 Å². The SMILES string of the molecule is C=C1CCC(C(=O)N2C(=O)OCC2Cc2ccccc2)C1.Fc1cccc(F)c1. The van der Waals surface area contributed by atoms with E-state index in [1.54, 1.807) is 0 Å². The Morgan fingerprint density at radius 1 is 1.10 bits per heavy atom. The van der Waals surface area contributed by atoms with E-state index in [0.29, 0.717) is 12.8 Å². The maximum atomic E-state index is 12.6. The lowest BCUT2D eigenvalue weighted by Crippen LogP contribution is -2.43. The van der Waals surface area contributed by atoms with Crippen molar-refractivity contribution in [2.24, 2.45) is 5.92 Å². The molecule has 2 aromatic carbocycles. The van der Waals surface area contributed by atoms with Crippen molar-refractivity contribution in [3.63, 3.8) is 0 Å². The summed E-state index contributed by atoms with van der Waals surface area (Å²) in [5, 5.41) is 0. The van der Waals surface area contributed by atoms with Crippen molar-refractivity contribution in [1.29, 1.82) is 0 Å². The first kappa shape index (κ1) is 20.7. The van der Waals surface area contributed by atoms with Crippen LogP contribution < -0.4 is 0 Å². The van der Waals surface area contributed by atoms with E-state index in [9.17, 15) is 18.4 Å². The highest BCUT2D eigenvalue weighted by molar-refractivity contribution is 5.95. The number of hydrogen-bond acceptors (Lipinski definition) is 3. The number of carbonyl (C=O) groups is 2. The summed E-state index contributed by atoms with van der Waals surface area (Å²) in [6, 6.07) is 14.2. The molecule has 1 aliphatic carbocycles. The van der Waals surface area contributed by atoms with Crippen LogP contribution in [0.25, 0.3) is 0 Å². The summed E-state index contributed by atoms with van der Waals surface area (Å²) in [6.07, 6.45) is 2.51. The minimum Gasteiger partial charge on any atom is -0.447 e. The van der Waals surface area contributed by atoms with E-state index in [1.807, 2.05) is 30.3 Å². The number of rotatable bonds is 3. The van der Waals surface area contributed by atoms with Crippen LogP contribution in [0.4, 0.5) is 13.6 Å². The zero-order valence-electron chi connectivity index (χ0n) is 16.0. The predicted octanol–water partition coefficient (Wildman–Crippen LogP) is 4.90. The van der Waals surface area contributed by atoms with Crippen molar-refractivity contribution >= 4 is 12.0 Å². The van der Waals surface area contributed by atoms with E-state index < -0.39 is 17.7 Å². The Hall–Kier alpha value is -3.02. The summed E-state index contributed by atoms with van der Waals surface area (Å²) in [7, 11) is 0. The third-order valence-corrected chi connectivity index (χ3v) is 5.03. The first-order valence-corrected chi connectivity index (χ1v) is 9.55. The molecule has 1 saturated heterocycles. The average Bonchev–Trinajstić information content (AvgIpc) is 3.28. The summed E-state index contributed by atoms with van der Waals surface area (Å²) >= 11 is 0. The van der Waals surface area contributed by atoms with Crippen LogP contribution in [0.15, 0.2) is 66.7 Å². The lowest BCUT2D eigenvalue weighted by atomic mass is 10.0. The van der Waals surface area contributed by atoms with E-state index in [4.69, 9.17) is 4.74 Å². The highest BCUT2D eigenvalue weighted by Gasteiger charge is 2.41. The predicted molar refractivity (Wildman–Crippen MR) is 105 cm³/mol. The van der Waals surface area contributed by atoms with Gasteiger partial charge in [-0.3, -0.25) is 4.79 Å². The van der Waals surface area contributed by atoms with E-state index in [2.05, 4.69) is 6.58 Å². The number of carbonyl (C=O) groups excluding carboxylic acids is 2. The third kappa shape index (κ3) is 5.50. The topological polar surface area (TPSA) is 46.6 Å². The first-order valence-electron chi connectivity index (χ1n) is 9.55. The Morgan fingerprint density at radius 3 is 2.34 bits per heavy atom. The molecule has 0 bridgehead atoms. The Bertz CT molecular complexity index is 867. The smallest absolute Gasteiger partial charge is 0.416 e. The minimum absolute atomic E-state index is 0.0999. The summed E-state index contributed by atoms with van der Waals surface area (Å²) in [6.45, 7) is 4.22. The van der Waals surface area contributed by atoms with Crippen LogP contribution in [-0.4, -0.2) is 29.5 Å². The number of cyclic esters (lactones) is 1. The largest absolute Gasteiger partial charge is 0.447 e. The molecule has 2 aromatic rings. The van der Waals surface area contributed by atoms with Crippen LogP contribution in [0, 0.1) is 17.6 Å². The highest BCUT2D eigenvalue weighted by Crippen LogP contribution is 2.32. The molecule has 2 atom stereocenters. The van der Waals surface area contributed by atoms with Crippen molar-refractivity contribution in [3.05, 3.63) is 83.9 Å². The van der Waals surface area contributed by atoms with Crippen LogP contribution in [-0.2, 0) is 16.0 Å². The summed E-state index contributed by atoms with van der Waals surface area (Å²) in [5.74, 6) is -1.28. The highest BCUT2D eigenvalue weighted by atomic mass is 19.1. The second-order valence-electron chi connectivity index (χ2n) is 7.26. The van der Waals surface area contributed by atoms with Crippen LogP contribution in [0.5, 0.6) is 0 Å². The molecule has 1 saturated carbocycles. The normalized spacial score (nSPS) is 20.8. The molecule has 4 nitrogen and oxygen atoms in total. The molecular weight excluding hydrogens is 376 g/mol. The number of imide groups is 1. The van der Waals surface area contributed by atoms with Crippen LogP contribution in [0.3, 0.4) is 0 Å². The zero-order chi connectivity index (χ0) is 20.8. The van der Waals surface area contributed by atoms with Crippen LogP contribution >= 0.6 is 0 Å². The molecule has 29 heavy (non-hydrogen) atoms. The fourth-order valence-electron chi connectivity index (χ4n) is 3.57. The van der Waals surface area contributed by atoms with Crippen molar-refractivity contribution in [2.45, 2.75) is 31.7 Å². The van der Waals surface area contributed by atoms with E-state index >= 15 is 0 Å². The fraction of sp³-hybridized carbons (Fsp3) is 0.304. The van der Waals surface area contributed by atoms with Crippen LogP contribution in [0.1, 0.15) is 24.8 Å². The van der Waals surface area contributed by atoms with Gasteiger partial charge in [-0.15, -0.1) is 0 Å². The van der Waals surface area contributed by atoms with Gasteiger partial charge in [0.2, 0.25) is 5.91 Å². The fourth-order valence-corrected chi connectivity index (χ4v) is 3.57. The molecule has 2 amide bonds. The van der Waals surface area contributed by atoms with Crippen molar-refractivity contribution < 1.29 is 23.1 Å². The quantitative estimate of drug-likeness (QED) is 0.690. The van der Waals surface area contributed by atoms with Gasteiger partial charge in [0.05, 0.1) is 6.04 Å². The molecule has 1 aliphatic heterocycles. The monoisotopic (exact) mass is 399 g/mol. The van der Waals surface area contributed by atoms with Gasteiger partial charge in [-0.05, 0) is 43.4 Å². The zero-order valence-corrected chi connectivity index (χ0v) is 16.0. The molecule has 0 spiro atoms. The number of nitrogens with zero attached hydrogens (tertiary/aromatic N) is 1. The standard InChI is InChI=1S/C17H19NO3.C6H4F2/c1-12-7-8-14(9-12)16(19)18-15(11-21-17(18)20)10-13-5-3-2-4-6-13;7-5-2-1-3-6(8)4-5/h2-6,14-15H,1,7-11H2;1-4H. The molecule has 2 unspecified atom stereocenters. The molecule has 1 heterocycles. The van der Waals surface area contributed by atoms with Gasteiger partial charge in [0.1, 0.15) is 18.2 Å². The Kier molecular flexibility index (Phi) is 6.75. The van der Waals surface area contributed by atoms with Gasteiger partial charge in [-0.25, -0.2) is 18.5 Å². The van der Waals surface area contributed by atoms with E-state index in [0.717, 1.165) is 30.0 Å². The average molecular weight is 399 g/mol. The number of amides is 2. The molecule has 0 aromatic heterocycles. The minimum atomic E-state index is -0.537. The number of ether oxygens (including phenoxy) is 1. The van der Waals surface area contributed by atoms with E-state index in [1.165, 1.54) is 23.1 Å². The molecule has 0 radical (unpaired) electrons. The van der Waals surface area contributed by atoms with Crippen LogP contribution in [0.2, 0.25) is 0 Å². The number of benzene rings is 2. The second-order valence-corrected chi connectivity index (χ2v) is 7.26. The van der Waals surface area contributed by atoms with Gasteiger partial charge >= 0.3 is 6.09 Å². The Morgan fingerprint density at radius 2 is 1.79 bits per heavy atom. The molecule has 152 valence electrons. The van der Waals surface area contributed by atoms with Gasteiger partial charge < -0.3 is 4.74 Å². The van der Waals surface area contributed by atoms with Gasteiger partial charge in [-0.1, -0.05) is 48.6 Å². The molecule has 0 N–H and O–H groups in total. The van der Waals surface area contributed by atoms with Crippen molar-refractivity contribution in [1.82, 2.24) is 4.90 Å². The summed E-state index contributed by atoms with van der Waals surface area (Å²) in [4.78, 5) is 25.8. The van der Waals surface area contributed by atoms with Gasteiger partial charge in [0.15, 0.2) is 0 Å². The van der Waals surface area contributed by atoms with Gasteiger partial charge in [0.25, 0.3) is 0 Å². The second kappa shape index (κ2) is 9.45. The number of halogens is 2. The molecule has 2 fully saturated rings. The molecule has 6 heteroatoms. The third-order valence-electron chi connectivity index (χ3n) is 5.03. The lowest BCUT2D eigenvalue weighted by Gasteiger charge is -2.22. The first-order chi connectivity index (χ1) is 13.9. The summed E-state index contributed by atoms with van der Waals surface area (Å²) in [5.41, 5.74) is 2.20.